The second-order valence-corrected chi connectivity index (χ2v) is 11.5. The van der Waals surface area contributed by atoms with Crippen molar-refractivity contribution in [2.75, 3.05) is 24.7 Å². The van der Waals surface area contributed by atoms with Crippen molar-refractivity contribution in [1.82, 2.24) is 14.7 Å². The van der Waals surface area contributed by atoms with Crippen molar-refractivity contribution in [3.63, 3.8) is 0 Å². The summed E-state index contributed by atoms with van der Waals surface area (Å²) < 4.78 is 30.3. The minimum absolute atomic E-state index is 0.0548. The van der Waals surface area contributed by atoms with Crippen LogP contribution in [0.4, 0.5) is 5.69 Å². The van der Waals surface area contributed by atoms with Gasteiger partial charge in [0.1, 0.15) is 12.0 Å². The van der Waals surface area contributed by atoms with E-state index >= 15 is 0 Å². The van der Waals surface area contributed by atoms with Crippen LogP contribution in [0, 0.1) is 0 Å². The zero-order valence-corrected chi connectivity index (χ0v) is 23.3. The lowest BCUT2D eigenvalue weighted by atomic mass is 10.1. The monoisotopic (exact) mass is 571 g/mol. The van der Waals surface area contributed by atoms with Gasteiger partial charge in [-0.2, -0.15) is 18.6 Å². The number of aromatic nitrogens is 2. The van der Waals surface area contributed by atoms with Crippen LogP contribution >= 0.6 is 11.8 Å². The molecule has 1 aromatic heterocycles. The van der Waals surface area contributed by atoms with Crippen molar-refractivity contribution in [2.45, 2.75) is 4.90 Å². The van der Waals surface area contributed by atoms with Crippen molar-refractivity contribution in [3.05, 3.63) is 96.7 Å². The molecule has 10 nitrogen and oxygen atoms in total. The maximum absolute atomic E-state index is 12.5. The fraction of sp³-hybridized carbons (Fsp3) is 0.107. The van der Waals surface area contributed by atoms with Gasteiger partial charge in [0, 0.05) is 31.4 Å². The summed E-state index contributed by atoms with van der Waals surface area (Å²) in [6, 6.07) is 25.3. The molecule has 0 aliphatic carbocycles. The third kappa shape index (κ3) is 6.03. The predicted molar refractivity (Wildman–Crippen MR) is 160 cm³/mol. The molecule has 0 N–H and O–H groups in total. The van der Waals surface area contributed by atoms with Crippen LogP contribution in [0.25, 0.3) is 16.9 Å². The lowest BCUT2D eigenvalue weighted by molar-refractivity contribution is -0.115. The van der Waals surface area contributed by atoms with Gasteiger partial charge in [0.25, 0.3) is 10.0 Å². The van der Waals surface area contributed by atoms with Crippen molar-refractivity contribution >= 4 is 51.1 Å². The van der Waals surface area contributed by atoms with E-state index in [1.54, 1.807) is 53.1 Å². The van der Waals surface area contributed by atoms with Gasteiger partial charge in [-0.15, -0.1) is 9.50 Å². The maximum atomic E-state index is 12.5. The van der Waals surface area contributed by atoms with E-state index in [4.69, 9.17) is 5.10 Å². The van der Waals surface area contributed by atoms with Crippen molar-refractivity contribution in [2.24, 2.45) is 14.6 Å². The molecule has 0 saturated carbocycles. The van der Waals surface area contributed by atoms with Crippen molar-refractivity contribution in [1.29, 1.82) is 0 Å². The number of carbonyl (C=O) groups is 1. The van der Waals surface area contributed by atoms with Crippen LogP contribution in [0.5, 0.6) is 0 Å². The van der Waals surface area contributed by atoms with Gasteiger partial charge in [0.15, 0.2) is 5.17 Å². The number of anilines is 1. The van der Waals surface area contributed by atoms with E-state index in [0.717, 1.165) is 11.3 Å². The van der Waals surface area contributed by atoms with Crippen LogP contribution < -0.4 is 4.90 Å². The Labute approximate surface area is 236 Å². The molecule has 1 amide bonds. The summed E-state index contributed by atoms with van der Waals surface area (Å²) in [7, 11) is -0.423. The van der Waals surface area contributed by atoms with Gasteiger partial charge in [-0.1, -0.05) is 60.3 Å². The standard InChI is InChI=1S/C28H25N7O3S2/c1-33(2)20-30-40(37,38)25-15-13-23(14-16-25)34-18-22(27(32-34)21-9-5-3-6-10-21)17-29-31-28-35(26(36)19-39-28)24-11-7-4-8-12-24/h3-18,20H,19H2,1-2H3/b29-17-,30-20+,31-28-. The molecule has 1 aliphatic rings. The first-order chi connectivity index (χ1) is 19.3. The molecule has 0 radical (unpaired) electrons. The Balaban J connectivity index is 1.46. The number of para-hydroxylation sites is 1. The highest BCUT2D eigenvalue weighted by Gasteiger charge is 2.29. The molecule has 0 atom stereocenters. The van der Waals surface area contributed by atoms with Crippen LogP contribution in [-0.4, -0.2) is 66.6 Å². The van der Waals surface area contributed by atoms with E-state index < -0.39 is 10.0 Å². The average molecular weight is 572 g/mol. The molecule has 3 aromatic carbocycles. The Morgan fingerprint density at radius 2 is 1.60 bits per heavy atom. The Kier molecular flexibility index (Phi) is 7.89. The Bertz CT molecular complexity index is 1700. The largest absolute Gasteiger partial charge is 0.368 e. The molecule has 0 spiro atoms. The van der Waals surface area contributed by atoms with Gasteiger partial charge in [-0.25, -0.2) is 4.68 Å². The first-order valence-corrected chi connectivity index (χ1v) is 14.6. The van der Waals surface area contributed by atoms with E-state index in [1.807, 2.05) is 60.7 Å². The quantitative estimate of drug-likeness (QED) is 0.177. The highest BCUT2D eigenvalue weighted by molar-refractivity contribution is 8.15. The second-order valence-electron chi connectivity index (χ2n) is 8.88. The van der Waals surface area contributed by atoms with E-state index in [9.17, 15) is 13.2 Å². The number of hydrogen-bond donors (Lipinski definition) is 0. The number of nitrogens with zero attached hydrogens (tertiary/aromatic N) is 7. The minimum atomic E-state index is -3.82. The third-order valence-corrected chi connectivity index (χ3v) is 7.88. The SMILES string of the molecule is CN(C)/C=N/S(=O)(=O)c1ccc(-n2cc(/C=N\N=C3/SCC(=O)N3c3ccccc3)c(-c3ccccc3)n2)cc1. The van der Waals surface area contributed by atoms with Crippen molar-refractivity contribution in [3.8, 4) is 16.9 Å². The number of sulfonamides is 1. The van der Waals surface area contributed by atoms with Crippen LogP contribution in [0.2, 0.25) is 0 Å². The van der Waals surface area contributed by atoms with E-state index in [2.05, 4.69) is 14.6 Å². The van der Waals surface area contributed by atoms with Gasteiger partial charge in [0.05, 0.1) is 28.2 Å². The van der Waals surface area contributed by atoms with E-state index in [1.165, 1.54) is 30.2 Å². The van der Waals surface area contributed by atoms with Crippen LogP contribution in [-0.2, 0) is 14.8 Å². The first-order valence-electron chi connectivity index (χ1n) is 12.2. The molecule has 202 valence electrons. The molecule has 0 unspecified atom stereocenters. The zero-order chi connectivity index (χ0) is 28.1. The molecule has 1 aliphatic heterocycles. The predicted octanol–water partition coefficient (Wildman–Crippen LogP) is 4.29. The van der Waals surface area contributed by atoms with Gasteiger partial charge in [0.2, 0.25) is 5.91 Å². The number of thioether (sulfide) groups is 1. The molecule has 0 bridgehead atoms. The highest BCUT2D eigenvalue weighted by atomic mass is 32.2. The summed E-state index contributed by atoms with van der Waals surface area (Å²) in [6.07, 6.45) is 4.64. The number of amides is 1. The van der Waals surface area contributed by atoms with Crippen LogP contribution in [0.15, 0.2) is 111 Å². The zero-order valence-electron chi connectivity index (χ0n) is 21.7. The maximum Gasteiger partial charge on any atom is 0.283 e. The second kappa shape index (κ2) is 11.7. The van der Waals surface area contributed by atoms with Crippen LogP contribution in [0.1, 0.15) is 5.56 Å². The molecule has 2 heterocycles. The molecule has 40 heavy (non-hydrogen) atoms. The normalized spacial score (nSPS) is 15.1. The summed E-state index contributed by atoms with van der Waals surface area (Å²) in [4.78, 5) is 15.7. The molecule has 4 aromatic rings. The molecule has 1 fully saturated rings. The fourth-order valence-corrected chi connectivity index (χ4v) is 5.57. The number of rotatable bonds is 8. The van der Waals surface area contributed by atoms with Crippen molar-refractivity contribution < 1.29 is 13.2 Å². The highest BCUT2D eigenvalue weighted by Crippen LogP contribution is 2.27. The summed E-state index contributed by atoms with van der Waals surface area (Å²) in [6.45, 7) is 0. The molecule has 1 saturated heterocycles. The summed E-state index contributed by atoms with van der Waals surface area (Å²) in [5.41, 5.74) is 3.65. The molecule has 12 heteroatoms. The average Bonchev–Trinajstić information content (AvgIpc) is 3.56. The van der Waals surface area contributed by atoms with Gasteiger partial charge >= 0.3 is 0 Å². The summed E-state index contributed by atoms with van der Waals surface area (Å²) >= 11 is 1.33. The Morgan fingerprint density at radius 3 is 2.27 bits per heavy atom. The lowest BCUT2D eigenvalue weighted by Crippen LogP contribution is -2.28. The summed E-state index contributed by atoms with van der Waals surface area (Å²) in [5.74, 6) is 0.239. The first kappa shape index (κ1) is 27.0. The minimum Gasteiger partial charge on any atom is -0.368 e. The molecular weight excluding hydrogens is 546 g/mol. The van der Waals surface area contributed by atoms with E-state index in [0.29, 0.717) is 27.9 Å². The lowest BCUT2D eigenvalue weighted by Gasteiger charge is -2.14. The number of carbonyl (C=O) groups excluding carboxylic acids is 1. The Morgan fingerprint density at radius 1 is 0.925 bits per heavy atom. The number of benzene rings is 3. The van der Waals surface area contributed by atoms with Gasteiger partial charge in [-0.3, -0.25) is 9.69 Å². The van der Waals surface area contributed by atoms with E-state index in [-0.39, 0.29) is 10.8 Å². The molecule has 5 rings (SSSR count). The molecular formula is C28H25N7O3S2. The number of hydrogen-bond acceptors (Lipinski definition) is 7. The fourth-order valence-electron chi connectivity index (χ4n) is 3.83. The smallest absolute Gasteiger partial charge is 0.283 e. The third-order valence-electron chi connectivity index (χ3n) is 5.73. The van der Waals surface area contributed by atoms with Crippen LogP contribution in [0.3, 0.4) is 0 Å². The summed E-state index contributed by atoms with van der Waals surface area (Å²) in [5, 5.41) is 13.9. The number of amidine groups is 1. The van der Waals surface area contributed by atoms with Gasteiger partial charge in [-0.05, 0) is 36.4 Å². The Hall–Kier alpha value is -4.55. The van der Waals surface area contributed by atoms with Gasteiger partial charge < -0.3 is 4.90 Å². The topological polar surface area (TPSA) is 113 Å².